The Kier molecular flexibility index (Phi) is 3.32. The van der Waals surface area contributed by atoms with Crippen LogP contribution in [0.3, 0.4) is 0 Å². The number of aromatic nitrogens is 2. The van der Waals surface area contributed by atoms with Crippen molar-refractivity contribution in [1.82, 2.24) is 9.97 Å². The van der Waals surface area contributed by atoms with Gasteiger partial charge in [0.25, 0.3) is 0 Å². The van der Waals surface area contributed by atoms with Gasteiger partial charge in [0.2, 0.25) is 5.88 Å². The first-order valence-corrected chi connectivity index (χ1v) is 7.76. The Balaban J connectivity index is 1.87. The van der Waals surface area contributed by atoms with Crippen LogP contribution in [0.5, 0.6) is 5.88 Å². The van der Waals surface area contributed by atoms with E-state index in [1.807, 2.05) is 12.1 Å². The first-order chi connectivity index (χ1) is 11.2. The van der Waals surface area contributed by atoms with Crippen LogP contribution in [0.15, 0.2) is 30.3 Å². The van der Waals surface area contributed by atoms with Crippen LogP contribution in [-0.4, -0.2) is 22.2 Å². The van der Waals surface area contributed by atoms with Gasteiger partial charge in [-0.15, -0.1) is 0 Å². The molecule has 0 unspecified atom stereocenters. The molecule has 0 aliphatic heterocycles. The third-order valence-corrected chi connectivity index (χ3v) is 4.59. The van der Waals surface area contributed by atoms with Crippen LogP contribution in [-0.2, 0) is 13.0 Å². The summed E-state index contributed by atoms with van der Waals surface area (Å²) in [5.41, 5.74) is 12.4. The molecule has 0 bridgehead atoms. The Morgan fingerprint density at radius 2 is 2.22 bits per heavy atom. The first-order valence-electron chi connectivity index (χ1n) is 7.76. The first kappa shape index (κ1) is 14.2. The van der Waals surface area contributed by atoms with Gasteiger partial charge >= 0.3 is 0 Å². The number of rotatable bonds is 3. The summed E-state index contributed by atoms with van der Waals surface area (Å²) in [5, 5.41) is 10.6. The monoisotopic (exact) mass is 309 g/mol. The number of nitrogens with one attached hydrogen (secondary N) is 1. The fraction of sp³-hybridized carbons (Fsp3) is 0.278. The van der Waals surface area contributed by atoms with Gasteiger partial charge in [-0.05, 0) is 42.2 Å². The van der Waals surface area contributed by atoms with Gasteiger partial charge < -0.3 is 20.6 Å². The van der Waals surface area contributed by atoms with Crippen molar-refractivity contribution in [1.29, 1.82) is 0 Å². The van der Waals surface area contributed by atoms with Crippen LogP contribution in [0, 0.1) is 0 Å². The minimum absolute atomic E-state index is 0.116. The van der Waals surface area contributed by atoms with E-state index in [0.717, 1.165) is 29.6 Å². The highest BCUT2D eigenvalue weighted by atomic mass is 16.5. The maximum absolute atomic E-state index is 9.38. The van der Waals surface area contributed by atoms with E-state index in [1.54, 1.807) is 7.11 Å². The van der Waals surface area contributed by atoms with Crippen LogP contribution in [0.2, 0.25) is 0 Å². The van der Waals surface area contributed by atoms with Gasteiger partial charge in [0.15, 0.2) is 0 Å². The topological polar surface area (TPSA) is 84.2 Å². The van der Waals surface area contributed by atoms with Gasteiger partial charge in [0.1, 0.15) is 0 Å². The van der Waals surface area contributed by atoms with E-state index in [-0.39, 0.29) is 12.6 Å². The lowest BCUT2D eigenvalue weighted by Crippen LogP contribution is -2.04. The number of benzene rings is 1. The summed E-state index contributed by atoms with van der Waals surface area (Å²) >= 11 is 0. The molecule has 23 heavy (non-hydrogen) atoms. The number of ether oxygens (including phenoxy) is 1. The van der Waals surface area contributed by atoms with Gasteiger partial charge in [-0.1, -0.05) is 6.07 Å². The summed E-state index contributed by atoms with van der Waals surface area (Å²) in [6.07, 6.45) is 2.03. The molecule has 0 saturated carbocycles. The Morgan fingerprint density at radius 3 is 3.00 bits per heavy atom. The van der Waals surface area contributed by atoms with Crippen molar-refractivity contribution in [2.75, 3.05) is 7.11 Å². The summed E-state index contributed by atoms with van der Waals surface area (Å²) in [6.45, 7) is -0.116. The van der Waals surface area contributed by atoms with Gasteiger partial charge in [-0.25, -0.2) is 4.98 Å². The smallest absolute Gasteiger partial charge is 0.213 e. The standard InChI is InChI=1S/C18H19N3O2/c1-23-18-7-10(6-11(9-22)20-18)17-8-14-12-2-4-15(19)13(12)3-5-16(14)21-17/h3,5-8,15,21-22H,2,4,9,19H2,1H3/t15-/m1/s1. The van der Waals surface area contributed by atoms with Crippen molar-refractivity contribution in [2.24, 2.45) is 5.73 Å². The van der Waals surface area contributed by atoms with E-state index in [0.29, 0.717) is 11.6 Å². The fourth-order valence-corrected chi connectivity index (χ4v) is 3.42. The fourth-order valence-electron chi connectivity index (χ4n) is 3.42. The third-order valence-electron chi connectivity index (χ3n) is 4.59. The van der Waals surface area contributed by atoms with E-state index in [1.165, 1.54) is 16.5 Å². The van der Waals surface area contributed by atoms with Crippen molar-refractivity contribution in [2.45, 2.75) is 25.5 Å². The van der Waals surface area contributed by atoms with Crippen LogP contribution < -0.4 is 10.5 Å². The van der Waals surface area contributed by atoms with E-state index in [4.69, 9.17) is 10.5 Å². The summed E-state index contributed by atoms with van der Waals surface area (Å²) in [5.74, 6) is 0.498. The van der Waals surface area contributed by atoms with Gasteiger partial charge in [0.05, 0.1) is 19.4 Å². The Morgan fingerprint density at radius 1 is 1.35 bits per heavy atom. The molecule has 118 valence electrons. The van der Waals surface area contributed by atoms with Crippen molar-refractivity contribution >= 4 is 10.9 Å². The molecule has 0 fully saturated rings. The number of hydrogen-bond donors (Lipinski definition) is 3. The van der Waals surface area contributed by atoms with Crippen LogP contribution in [0.4, 0.5) is 0 Å². The predicted molar refractivity (Wildman–Crippen MR) is 89.3 cm³/mol. The summed E-state index contributed by atoms with van der Waals surface area (Å²) in [4.78, 5) is 7.67. The molecule has 5 heteroatoms. The Hall–Kier alpha value is -2.37. The molecule has 0 amide bonds. The SMILES string of the molecule is COc1cc(-c2cc3c4c(ccc3[nH]2)[C@H](N)CC4)cc(CO)n1. The number of nitrogens with zero attached hydrogens (tertiary/aromatic N) is 1. The number of hydrogen-bond acceptors (Lipinski definition) is 4. The highest BCUT2D eigenvalue weighted by Crippen LogP contribution is 2.37. The largest absolute Gasteiger partial charge is 0.481 e. The summed E-state index contributed by atoms with van der Waals surface area (Å²) in [6, 6.07) is 10.3. The number of aliphatic hydroxyl groups is 1. The van der Waals surface area contributed by atoms with Crippen molar-refractivity contribution in [3.05, 3.63) is 47.2 Å². The lowest BCUT2D eigenvalue weighted by atomic mass is 10.0. The molecule has 1 aliphatic rings. The zero-order valence-corrected chi connectivity index (χ0v) is 13.0. The second-order valence-corrected chi connectivity index (χ2v) is 5.97. The van der Waals surface area contributed by atoms with Crippen molar-refractivity contribution in [3.8, 4) is 17.1 Å². The van der Waals surface area contributed by atoms with Gasteiger partial charge in [-0.3, -0.25) is 0 Å². The number of aryl methyl sites for hydroxylation is 1. The summed E-state index contributed by atoms with van der Waals surface area (Å²) in [7, 11) is 1.58. The third kappa shape index (κ3) is 2.29. The molecule has 1 atom stereocenters. The summed E-state index contributed by atoms with van der Waals surface area (Å²) < 4.78 is 5.23. The van der Waals surface area contributed by atoms with Crippen LogP contribution in [0.1, 0.15) is 29.3 Å². The molecule has 4 N–H and O–H groups in total. The predicted octanol–water partition coefficient (Wildman–Crippen LogP) is 2.68. The molecular formula is C18H19N3O2. The van der Waals surface area contributed by atoms with E-state index in [2.05, 4.69) is 28.2 Å². The molecule has 5 nitrogen and oxygen atoms in total. The number of nitrogens with two attached hydrogens (primary N) is 1. The van der Waals surface area contributed by atoms with Crippen LogP contribution >= 0.6 is 0 Å². The maximum Gasteiger partial charge on any atom is 0.213 e. The number of fused-ring (bicyclic) bond motifs is 3. The van der Waals surface area contributed by atoms with Crippen LogP contribution in [0.25, 0.3) is 22.2 Å². The average Bonchev–Trinajstić information content (AvgIpc) is 3.18. The second kappa shape index (κ2) is 5.37. The number of aromatic amines is 1. The molecule has 0 saturated heterocycles. The molecular weight excluding hydrogens is 290 g/mol. The van der Waals surface area contributed by atoms with E-state index >= 15 is 0 Å². The maximum atomic E-state index is 9.38. The average molecular weight is 309 g/mol. The molecule has 3 aromatic rings. The molecule has 1 aliphatic carbocycles. The number of aliphatic hydroxyl groups excluding tert-OH is 1. The van der Waals surface area contributed by atoms with E-state index in [9.17, 15) is 5.11 Å². The highest BCUT2D eigenvalue weighted by Gasteiger charge is 2.22. The quantitative estimate of drug-likeness (QED) is 0.694. The van der Waals surface area contributed by atoms with Gasteiger partial charge in [0, 0.05) is 34.3 Å². The van der Waals surface area contributed by atoms with Gasteiger partial charge in [-0.2, -0.15) is 0 Å². The highest BCUT2D eigenvalue weighted by molar-refractivity contribution is 5.90. The number of methoxy groups -OCH3 is 1. The molecule has 2 aromatic heterocycles. The zero-order valence-electron chi connectivity index (χ0n) is 13.0. The lowest BCUT2D eigenvalue weighted by Gasteiger charge is -2.05. The Labute approximate surface area is 134 Å². The lowest BCUT2D eigenvalue weighted by molar-refractivity contribution is 0.274. The second-order valence-electron chi connectivity index (χ2n) is 5.97. The normalized spacial score (nSPS) is 16.7. The van der Waals surface area contributed by atoms with Crippen molar-refractivity contribution < 1.29 is 9.84 Å². The molecule has 0 radical (unpaired) electrons. The Bertz CT molecular complexity index is 863. The number of pyridine rings is 1. The minimum Gasteiger partial charge on any atom is -0.481 e. The molecule has 0 spiro atoms. The molecule has 2 heterocycles. The zero-order chi connectivity index (χ0) is 16.0. The van der Waals surface area contributed by atoms with Crippen molar-refractivity contribution in [3.63, 3.8) is 0 Å². The number of H-pyrrole nitrogens is 1. The molecule has 1 aromatic carbocycles. The molecule has 4 rings (SSSR count). The van der Waals surface area contributed by atoms with E-state index < -0.39 is 0 Å². The minimum atomic E-state index is -0.116.